The van der Waals surface area contributed by atoms with E-state index in [1.165, 1.54) is 0 Å². The highest BCUT2D eigenvalue weighted by Gasteiger charge is 2.22. The van der Waals surface area contributed by atoms with Crippen molar-refractivity contribution in [1.82, 2.24) is 10.2 Å². The van der Waals surface area contributed by atoms with Gasteiger partial charge in [0, 0.05) is 49.9 Å². The molecule has 4 rings (SSSR count). The first-order valence-corrected chi connectivity index (χ1v) is 13.7. The number of rotatable bonds is 7. The van der Waals surface area contributed by atoms with E-state index in [4.69, 9.17) is 33.6 Å². The van der Waals surface area contributed by atoms with Crippen LogP contribution in [-0.2, 0) is 0 Å². The molecule has 1 heterocycles. The Morgan fingerprint density at radius 3 is 2.15 bits per heavy atom. The van der Waals surface area contributed by atoms with E-state index in [0.717, 1.165) is 42.5 Å². The molecule has 0 saturated carbocycles. The Labute approximate surface area is 241 Å². The fourth-order valence-corrected chi connectivity index (χ4v) is 4.34. The average molecular weight is 572 g/mol. The summed E-state index contributed by atoms with van der Waals surface area (Å²) >= 11 is 12.0. The lowest BCUT2D eigenvalue weighted by molar-refractivity contribution is 0.0944. The summed E-state index contributed by atoms with van der Waals surface area (Å²) < 4.78 is 0. The zero-order valence-corrected chi connectivity index (χ0v) is 23.9. The molecule has 1 fully saturated rings. The van der Waals surface area contributed by atoms with Crippen molar-refractivity contribution in [2.45, 2.75) is 20.0 Å². The number of anilines is 1. The summed E-state index contributed by atoms with van der Waals surface area (Å²) in [5.41, 5.74) is 2.71. The van der Waals surface area contributed by atoms with Gasteiger partial charge in [0.1, 0.15) is 0 Å². The van der Waals surface area contributed by atoms with Gasteiger partial charge in [-0.15, -0.1) is 0 Å². The van der Waals surface area contributed by atoms with Crippen LogP contribution in [0.2, 0.25) is 10.0 Å². The fourth-order valence-electron chi connectivity index (χ4n) is 3.89. The molecule has 1 amide bonds. The molecule has 1 aliphatic rings. The van der Waals surface area contributed by atoms with Crippen LogP contribution >= 0.6 is 23.2 Å². The van der Waals surface area contributed by atoms with Gasteiger partial charge in [-0.1, -0.05) is 67.4 Å². The van der Waals surface area contributed by atoms with Gasteiger partial charge in [0.05, 0.1) is 35.1 Å². The molecule has 9 heteroatoms. The van der Waals surface area contributed by atoms with Crippen LogP contribution in [0.3, 0.4) is 0 Å². The Bertz CT molecular complexity index is 1180. The molecule has 3 N–H and O–H groups in total. The van der Waals surface area contributed by atoms with E-state index in [1.54, 1.807) is 36.4 Å². The van der Waals surface area contributed by atoms with Gasteiger partial charge in [-0.3, -0.25) is 9.69 Å². The quantitative estimate of drug-likeness (QED) is 0.363. The molecule has 39 heavy (non-hydrogen) atoms. The van der Waals surface area contributed by atoms with Crippen LogP contribution in [0, 0.1) is 11.3 Å². The number of β-amino-alcohol motifs (C(OH)–C–C–N with tert-alkyl or cyclic N) is 1. The van der Waals surface area contributed by atoms with Gasteiger partial charge in [-0.25, -0.2) is 0 Å². The van der Waals surface area contributed by atoms with Crippen LogP contribution in [0.25, 0.3) is 0 Å². The molecule has 0 bridgehead atoms. The van der Waals surface area contributed by atoms with Gasteiger partial charge in [0.15, 0.2) is 0 Å². The minimum absolute atomic E-state index is 0.109. The molecule has 1 aliphatic heterocycles. The number of carbonyl (C=O) groups excluding carboxylic acids is 1. The SMILES string of the molecule is CC.Clc1ccccc1.N#Cc1ccc(C(O)CN2CCN(c3ccc(C(=O)NCCO)cc3Cl)CC2)cc1. The first kappa shape index (κ1) is 32.1. The maximum Gasteiger partial charge on any atom is 0.251 e. The molecule has 0 spiro atoms. The molecule has 3 aromatic rings. The smallest absolute Gasteiger partial charge is 0.251 e. The van der Waals surface area contributed by atoms with Gasteiger partial charge in [-0.2, -0.15) is 5.26 Å². The van der Waals surface area contributed by atoms with Crippen LogP contribution in [0.5, 0.6) is 0 Å². The summed E-state index contributed by atoms with van der Waals surface area (Å²) in [6.45, 7) is 7.70. The standard InChI is InChI=1S/C22H25ClN4O3.C6H5Cl.C2H6/c23-19-13-18(22(30)25-7-12-28)5-6-20(19)27-10-8-26(9-11-27)15-21(29)17-3-1-16(14-24)2-4-17;7-6-4-2-1-3-5-6;1-2/h1-6,13,21,28-29H,7-12,15H2,(H,25,30);1-5H;1-2H3. The van der Waals surface area contributed by atoms with E-state index < -0.39 is 6.10 Å². The number of amides is 1. The summed E-state index contributed by atoms with van der Waals surface area (Å²) in [5.74, 6) is -0.265. The highest BCUT2D eigenvalue weighted by atomic mass is 35.5. The van der Waals surface area contributed by atoms with E-state index >= 15 is 0 Å². The minimum atomic E-state index is -0.607. The average Bonchev–Trinajstić information content (AvgIpc) is 2.98. The van der Waals surface area contributed by atoms with Crippen molar-refractivity contribution in [3.63, 3.8) is 0 Å². The van der Waals surface area contributed by atoms with Crippen molar-refractivity contribution in [2.24, 2.45) is 0 Å². The lowest BCUT2D eigenvalue weighted by Gasteiger charge is -2.37. The van der Waals surface area contributed by atoms with Crippen LogP contribution in [-0.4, -0.2) is 66.9 Å². The van der Waals surface area contributed by atoms with Gasteiger partial charge in [-0.05, 0) is 48.0 Å². The molecule has 208 valence electrons. The van der Waals surface area contributed by atoms with Crippen LogP contribution in [0.1, 0.15) is 41.4 Å². The molecule has 0 aromatic heterocycles. The topological polar surface area (TPSA) is 99.8 Å². The Kier molecular flexibility index (Phi) is 14.4. The number of halogens is 2. The number of nitriles is 1. The third kappa shape index (κ3) is 10.5. The van der Waals surface area contributed by atoms with Crippen molar-refractivity contribution >= 4 is 34.8 Å². The van der Waals surface area contributed by atoms with Crippen molar-refractivity contribution in [3.05, 3.63) is 99.5 Å². The zero-order valence-electron chi connectivity index (χ0n) is 22.4. The second kappa shape index (κ2) is 17.5. The van der Waals surface area contributed by atoms with Crippen molar-refractivity contribution in [3.8, 4) is 6.07 Å². The van der Waals surface area contributed by atoms with Crippen molar-refractivity contribution in [1.29, 1.82) is 5.26 Å². The van der Waals surface area contributed by atoms with E-state index in [2.05, 4.69) is 21.2 Å². The highest BCUT2D eigenvalue weighted by Crippen LogP contribution is 2.28. The lowest BCUT2D eigenvalue weighted by Crippen LogP contribution is -2.47. The second-order valence-electron chi connectivity index (χ2n) is 8.48. The number of aliphatic hydroxyl groups is 2. The summed E-state index contributed by atoms with van der Waals surface area (Å²) in [6.07, 6.45) is -0.607. The molecule has 0 aliphatic carbocycles. The third-order valence-corrected chi connectivity index (χ3v) is 6.46. The molecule has 7 nitrogen and oxygen atoms in total. The number of carbonyl (C=O) groups is 1. The molecule has 1 atom stereocenters. The summed E-state index contributed by atoms with van der Waals surface area (Å²) in [5, 5.41) is 32.1. The number of aliphatic hydroxyl groups excluding tert-OH is 2. The largest absolute Gasteiger partial charge is 0.395 e. The molecule has 1 saturated heterocycles. The van der Waals surface area contributed by atoms with Gasteiger partial charge >= 0.3 is 0 Å². The maximum absolute atomic E-state index is 12.0. The number of hydrogen-bond acceptors (Lipinski definition) is 6. The zero-order chi connectivity index (χ0) is 28.6. The van der Waals surface area contributed by atoms with E-state index in [0.29, 0.717) is 22.7 Å². The minimum Gasteiger partial charge on any atom is -0.395 e. The Morgan fingerprint density at radius 2 is 1.64 bits per heavy atom. The first-order valence-electron chi connectivity index (χ1n) is 13.0. The normalized spacial score (nSPS) is 13.6. The molecule has 0 radical (unpaired) electrons. The summed E-state index contributed by atoms with van der Waals surface area (Å²) in [6, 6.07) is 23.7. The van der Waals surface area contributed by atoms with Crippen LogP contribution < -0.4 is 10.2 Å². The fraction of sp³-hybridized carbons (Fsp3) is 0.333. The van der Waals surface area contributed by atoms with E-state index in [-0.39, 0.29) is 19.1 Å². The first-order chi connectivity index (χ1) is 18.9. The van der Waals surface area contributed by atoms with Gasteiger partial charge in [0.2, 0.25) is 0 Å². The summed E-state index contributed by atoms with van der Waals surface area (Å²) in [4.78, 5) is 16.4. The lowest BCUT2D eigenvalue weighted by atomic mass is 10.1. The maximum atomic E-state index is 12.0. The Balaban J connectivity index is 0.000000507. The molecular weight excluding hydrogens is 535 g/mol. The van der Waals surface area contributed by atoms with Crippen LogP contribution in [0.4, 0.5) is 5.69 Å². The van der Waals surface area contributed by atoms with Gasteiger partial charge < -0.3 is 20.4 Å². The van der Waals surface area contributed by atoms with Crippen molar-refractivity contribution in [2.75, 3.05) is 50.8 Å². The number of hydrogen-bond donors (Lipinski definition) is 3. The van der Waals surface area contributed by atoms with Crippen LogP contribution in [0.15, 0.2) is 72.8 Å². The highest BCUT2D eigenvalue weighted by molar-refractivity contribution is 6.33. The third-order valence-electron chi connectivity index (χ3n) is 5.91. The summed E-state index contributed by atoms with van der Waals surface area (Å²) in [7, 11) is 0. The Hall–Kier alpha value is -3.12. The Morgan fingerprint density at radius 1 is 1.00 bits per heavy atom. The van der Waals surface area contributed by atoms with E-state index in [9.17, 15) is 9.90 Å². The predicted octanol–water partition coefficient (Wildman–Crippen LogP) is 5.16. The number of benzene rings is 3. The number of piperazine rings is 1. The number of nitrogens with one attached hydrogen (secondary N) is 1. The van der Waals surface area contributed by atoms with Gasteiger partial charge in [0.25, 0.3) is 5.91 Å². The predicted molar refractivity (Wildman–Crippen MR) is 158 cm³/mol. The molecular formula is C30H36Cl2N4O3. The molecule has 1 unspecified atom stereocenters. The monoisotopic (exact) mass is 570 g/mol. The van der Waals surface area contributed by atoms with E-state index in [1.807, 2.05) is 50.2 Å². The van der Waals surface area contributed by atoms with Crippen molar-refractivity contribution < 1.29 is 15.0 Å². The number of nitrogens with zero attached hydrogens (tertiary/aromatic N) is 3. The second-order valence-corrected chi connectivity index (χ2v) is 9.32. The molecule has 3 aromatic carbocycles.